The lowest BCUT2D eigenvalue weighted by molar-refractivity contribution is -0.384. The molecule has 3 heterocycles. The zero-order chi connectivity index (χ0) is 20.5. The summed E-state index contributed by atoms with van der Waals surface area (Å²) in [5, 5.41) is 19.3. The van der Waals surface area contributed by atoms with E-state index in [0.717, 1.165) is 11.0 Å². The molecule has 0 aliphatic heterocycles. The highest BCUT2D eigenvalue weighted by Gasteiger charge is 2.19. The van der Waals surface area contributed by atoms with Crippen molar-refractivity contribution in [2.45, 2.75) is 19.9 Å². The van der Waals surface area contributed by atoms with Crippen molar-refractivity contribution in [3.63, 3.8) is 0 Å². The molecule has 0 saturated carbocycles. The molecule has 0 atom stereocenters. The molecule has 4 rings (SSSR count). The van der Waals surface area contributed by atoms with Crippen molar-refractivity contribution in [3.05, 3.63) is 71.1 Å². The van der Waals surface area contributed by atoms with Crippen molar-refractivity contribution in [2.24, 2.45) is 0 Å². The van der Waals surface area contributed by atoms with Gasteiger partial charge in [0.2, 0.25) is 0 Å². The third-order valence-electron chi connectivity index (χ3n) is 4.40. The van der Waals surface area contributed by atoms with E-state index in [4.69, 9.17) is 0 Å². The molecule has 29 heavy (non-hydrogen) atoms. The third kappa shape index (κ3) is 3.43. The maximum Gasteiger partial charge on any atom is 0.294 e. The third-order valence-corrected chi connectivity index (χ3v) is 4.40. The number of imidazole rings is 1. The average molecular weight is 391 g/mol. The van der Waals surface area contributed by atoms with Gasteiger partial charge in [0.25, 0.3) is 11.6 Å². The minimum absolute atomic E-state index is 0.162. The summed E-state index contributed by atoms with van der Waals surface area (Å²) in [4.78, 5) is 31.8. The molecule has 0 bridgehead atoms. The second-order valence-corrected chi connectivity index (χ2v) is 6.70. The van der Waals surface area contributed by atoms with Crippen molar-refractivity contribution in [2.75, 3.05) is 5.32 Å². The molecule has 0 aliphatic rings. The first-order chi connectivity index (χ1) is 13.9. The van der Waals surface area contributed by atoms with Crippen molar-refractivity contribution >= 4 is 28.3 Å². The Kier molecular flexibility index (Phi) is 4.51. The van der Waals surface area contributed by atoms with Crippen LogP contribution >= 0.6 is 0 Å². The van der Waals surface area contributed by atoms with E-state index >= 15 is 0 Å². The second kappa shape index (κ2) is 7.15. The topological polar surface area (TPSA) is 121 Å². The molecule has 0 spiro atoms. The number of benzene rings is 1. The minimum atomic E-state index is -0.528. The molecule has 1 N–H and O–H groups in total. The van der Waals surface area contributed by atoms with Crippen LogP contribution in [0.4, 0.5) is 11.4 Å². The Morgan fingerprint density at radius 3 is 2.76 bits per heavy atom. The van der Waals surface area contributed by atoms with Gasteiger partial charge in [-0.2, -0.15) is 5.10 Å². The van der Waals surface area contributed by atoms with Crippen molar-refractivity contribution in [3.8, 4) is 5.69 Å². The Balaban J connectivity index is 1.62. The predicted molar refractivity (Wildman–Crippen MR) is 106 cm³/mol. The Hall–Kier alpha value is -4.08. The van der Waals surface area contributed by atoms with Gasteiger partial charge >= 0.3 is 0 Å². The van der Waals surface area contributed by atoms with Crippen LogP contribution in [0.25, 0.3) is 16.7 Å². The van der Waals surface area contributed by atoms with Crippen LogP contribution in [0.1, 0.15) is 30.2 Å². The molecular weight excluding hydrogens is 374 g/mol. The van der Waals surface area contributed by atoms with Crippen LogP contribution in [-0.4, -0.2) is 35.1 Å². The molecule has 0 radical (unpaired) electrons. The Bertz CT molecular complexity index is 1210. The van der Waals surface area contributed by atoms with Gasteiger partial charge in [-0.15, -0.1) is 0 Å². The van der Waals surface area contributed by atoms with E-state index in [1.165, 1.54) is 41.5 Å². The van der Waals surface area contributed by atoms with Crippen molar-refractivity contribution < 1.29 is 9.72 Å². The van der Waals surface area contributed by atoms with Gasteiger partial charge in [-0.1, -0.05) is 0 Å². The number of amides is 1. The number of nitro benzene ring substituents is 1. The van der Waals surface area contributed by atoms with E-state index in [-0.39, 0.29) is 17.3 Å². The summed E-state index contributed by atoms with van der Waals surface area (Å²) in [6.45, 7) is 4.01. The number of pyridine rings is 1. The molecule has 0 fully saturated rings. The fraction of sp³-hybridized carbons (Fsp3) is 0.158. The summed E-state index contributed by atoms with van der Waals surface area (Å²) in [6.07, 6.45) is 7.80. The number of nitrogens with zero attached hydrogens (tertiary/aromatic N) is 6. The fourth-order valence-corrected chi connectivity index (χ4v) is 3.02. The lowest BCUT2D eigenvalue weighted by Crippen LogP contribution is -2.13. The SMILES string of the molecule is CC(C)n1ncc2cc(NC(=O)c3ccc(-n4ccnc4)c([N+](=O)[O-])c3)cnc21. The van der Waals surface area contributed by atoms with Crippen LogP contribution in [0.3, 0.4) is 0 Å². The fourth-order valence-electron chi connectivity index (χ4n) is 3.02. The number of fused-ring (bicyclic) bond motifs is 1. The van der Waals surface area contributed by atoms with Gasteiger partial charge < -0.3 is 9.88 Å². The zero-order valence-corrected chi connectivity index (χ0v) is 15.7. The molecule has 0 unspecified atom stereocenters. The van der Waals surface area contributed by atoms with Gasteiger partial charge in [-0.25, -0.2) is 14.6 Å². The summed E-state index contributed by atoms with van der Waals surface area (Å²) in [6, 6.07) is 6.21. The summed E-state index contributed by atoms with van der Waals surface area (Å²) in [5.41, 5.74) is 1.50. The van der Waals surface area contributed by atoms with E-state index in [9.17, 15) is 14.9 Å². The Morgan fingerprint density at radius 2 is 2.07 bits per heavy atom. The van der Waals surface area contributed by atoms with Crippen LogP contribution in [0.15, 0.2) is 55.4 Å². The van der Waals surface area contributed by atoms with Gasteiger partial charge in [-0.3, -0.25) is 14.9 Å². The van der Waals surface area contributed by atoms with Crippen LogP contribution in [-0.2, 0) is 0 Å². The minimum Gasteiger partial charge on any atom is -0.321 e. The monoisotopic (exact) mass is 391 g/mol. The van der Waals surface area contributed by atoms with Crippen molar-refractivity contribution in [1.82, 2.24) is 24.3 Å². The normalized spacial score (nSPS) is 11.1. The highest BCUT2D eigenvalue weighted by Crippen LogP contribution is 2.25. The lowest BCUT2D eigenvalue weighted by Gasteiger charge is -2.09. The number of carbonyl (C=O) groups is 1. The standard InChI is InChI=1S/C19H17N7O3/c1-12(2)25-18-14(9-22-25)7-15(10-21-18)23-19(27)13-3-4-16(17(8-13)26(28)29)24-6-5-20-11-24/h3-12H,1-2H3,(H,23,27). The van der Waals surface area contributed by atoms with Crippen LogP contribution in [0.5, 0.6) is 0 Å². The summed E-state index contributed by atoms with van der Waals surface area (Å²) in [7, 11) is 0. The molecule has 0 saturated heterocycles. The number of nitro groups is 1. The highest BCUT2D eigenvalue weighted by atomic mass is 16.6. The van der Waals surface area contributed by atoms with Gasteiger partial charge in [0.15, 0.2) is 5.65 Å². The first kappa shape index (κ1) is 18.3. The number of anilines is 1. The van der Waals surface area contributed by atoms with Gasteiger partial charge in [0.1, 0.15) is 5.69 Å². The quantitative estimate of drug-likeness (QED) is 0.411. The summed E-state index contributed by atoms with van der Waals surface area (Å²) in [5.74, 6) is -0.470. The average Bonchev–Trinajstić information content (AvgIpc) is 3.37. The molecule has 10 heteroatoms. The molecule has 4 aromatic rings. The number of carbonyl (C=O) groups excluding carboxylic acids is 1. The summed E-state index contributed by atoms with van der Waals surface area (Å²) < 4.78 is 3.31. The van der Waals surface area contributed by atoms with E-state index in [1.807, 2.05) is 13.8 Å². The number of hydrogen-bond donors (Lipinski definition) is 1. The molecule has 3 aromatic heterocycles. The van der Waals surface area contributed by atoms with Gasteiger partial charge in [-0.05, 0) is 32.0 Å². The molecule has 1 aromatic carbocycles. The molecule has 1 amide bonds. The molecule has 10 nitrogen and oxygen atoms in total. The Labute approximate surface area is 165 Å². The van der Waals surface area contributed by atoms with Crippen LogP contribution in [0, 0.1) is 10.1 Å². The predicted octanol–water partition coefficient (Wildman–Crippen LogP) is 3.36. The molecule has 0 aliphatic carbocycles. The van der Waals surface area contributed by atoms with Gasteiger partial charge in [0, 0.05) is 35.5 Å². The number of rotatable bonds is 5. The maximum atomic E-state index is 12.6. The maximum absolute atomic E-state index is 12.6. The lowest BCUT2D eigenvalue weighted by atomic mass is 10.1. The molecule has 146 valence electrons. The van der Waals surface area contributed by atoms with Crippen LogP contribution in [0.2, 0.25) is 0 Å². The van der Waals surface area contributed by atoms with Crippen LogP contribution < -0.4 is 5.32 Å². The highest BCUT2D eigenvalue weighted by molar-refractivity contribution is 6.05. The first-order valence-corrected chi connectivity index (χ1v) is 8.85. The Morgan fingerprint density at radius 1 is 1.24 bits per heavy atom. The smallest absolute Gasteiger partial charge is 0.294 e. The largest absolute Gasteiger partial charge is 0.321 e. The van der Waals surface area contributed by atoms with E-state index in [0.29, 0.717) is 11.4 Å². The van der Waals surface area contributed by atoms with E-state index in [1.54, 1.807) is 23.1 Å². The van der Waals surface area contributed by atoms with E-state index in [2.05, 4.69) is 20.4 Å². The summed E-state index contributed by atoms with van der Waals surface area (Å²) >= 11 is 0. The number of hydrogen-bond acceptors (Lipinski definition) is 6. The first-order valence-electron chi connectivity index (χ1n) is 8.85. The zero-order valence-electron chi connectivity index (χ0n) is 15.7. The van der Waals surface area contributed by atoms with E-state index < -0.39 is 10.8 Å². The molecular formula is C19H17N7O3. The number of aromatic nitrogens is 5. The van der Waals surface area contributed by atoms with Gasteiger partial charge in [0.05, 0.1) is 29.3 Å². The number of nitrogens with one attached hydrogen (secondary N) is 1. The second-order valence-electron chi connectivity index (χ2n) is 6.70. The van der Waals surface area contributed by atoms with Crippen molar-refractivity contribution in [1.29, 1.82) is 0 Å².